The van der Waals surface area contributed by atoms with Gasteiger partial charge in [0.1, 0.15) is 0 Å². The third-order valence-electron chi connectivity index (χ3n) is 33.9. The van der Waals surface area contributed by atoms with Crippen molar-refractivity contribution in [3.8, 4) is 0 Å². The van der Waals surface area contributed by atoms with Crippen molar-refractivity contribution in [2.45, 2.75) is 414 Å². The van der Waals surface area contributed by atoms with Crippen molar-refractivity contribution < 1.29 is 51.1 Å². The van der Waals surface area contributed by atoms with Crippen LogP contribution in [0.15, 0.2) is 154 Å². The smallest absolute Gasteiger partial charge is 0.0811 e. The van der Waals surface area contributed by atoms with E-state index in [1.165, 1.54) is 184 Å². The first-order valence-corrected chi connectivity index (χ1v) is 48.5. The van der Waals surface area contributed by atoms with Crippen molar-refractivity contribution in [2.75, 3.05) is 0 Å². The van der Waals surface area contributed by atoms with Crippen molar-refractivity contribution in [1.29, 1.82) is 0 Å². The number of aliphatic hydroxyl groups is 10. The highest BCUT2D eigenvalue weighted by Crippen LogP contribution is 2.64. The average molecular weight is 1630 g/mol. The summed E-state index contributed by atoms with van der Waals surface area (Å²) in [6, 6.07) is 0. The number of allylic oxidation sites excluding steroid dienone is 14. The third-order valence-corrected chi connectivity index (χ3v) is 33.9. The van der Waals surface area contributed by atoms with Crippen LogP contribution in [0.1, 0.15) is 354 Å². The fourth-order valence-corrected chi connectivity index (χ4v) is 26.8. The standard InChI is InChI=1S/C27H40O3.C27H44O3.2C27H44O2/c1-17(6-13-25(29)20-8-9-20)23-11-12-24-19(5-4-14-27(23,24)3)7-10-21-15-22(28)16-26(30)18(21)2;1-18(8-6-14-26(3,4)30)23-12-13-24-20(9-7-15-27(23,24)5)10-11-21-16-22(28)17-25(29)19(21)2;1-19-10-13-23(28)18-22(19)12-11-21-9-7-17-27(5)24(14-15-25(21)27)20(2)8-6-16-26(3,4)29;1-18(2)8-6-9-19(3)24-13-14-25-21(10-7-15-27(24,25)5)11-12-22-16-23(28)17-26(29)20(22)4/h6-7,10,13,17,20,22-26,28-30H,2,4-5,8-9,11-12,14-16H2,1,3H3;10-11,18,22-25,28-30H,2,6-9,12-17H2,1,3-5H3;11-12,20,23-25,28-29H,1,6-10,13-18H2,2-5H3;11-12,18-19,23-26,28-29H,4,6-10,13-17H2,1-3,5H3/b13-6+,19-7+,21-10-;20-10+,21-11-;2*21-11+,22-12-/t17-,22+,23+,24-,25+,26-,27+;18-,22+,23+,24-,25-,27+;20-,23-,24+,25-,27+;19-,23+,24+,25-,26-,27+/m0000/s1. The van der Waals surface area contributed by atoms with E-state index < -0.39 is 47.8 Å². The van der Waals surface area contributed by atoms with Crippen LogP contribution in [0, 0.1) is 105 Å². The molecule has 0 bridgehead atoms. The Morgan fingerprint density at radius 2 is 0.686 bits per heavy atom. The summed E-state index contributed by atoms with van der Waals surface area (Å²) in [6.45, 7) is 48.6. The first-order valence-electron chi connectivity index (χ1n) is 48.5. The van der Waals surface area contributed by atoms with Gasteiger partial charge in [0.2, 0.25) is 0 Å². The van der Waals surface area contributed by atoms with Gasteiger partial charge in [0.25, 0.3) is 0 Å². The minimum absolute atomic E-state index is 0.192. The molecule has 0 spiro atoms. The SMILES string of the molecule is C=C1/C(=C\C=C2/CCC[C@]3(C)[C@@H]([C@@H](C)/C=C/[C@@H](O)C4CC4)CC[C@@H]23)C[C@@H](O)C[C@@H]1O.C=C1/C(=C\C=C2/CCC[C@]3(C)[C@@H]([C@@H](C)CCCC(C)(C)O)CC[C@@H]23)C[C@@H](O)C[C@@H]1O.C=C1/C(=C\C=C2/CCC[C@]3(C)[C@@H]([C@@H](C)CCCC(C)C)CC[C@@H]23)C[C@@H](O)C[C@@H]1O.C=C1CC[C@H](O)C/C1=C/C=C1\CCC[C@]2(C)[C@@H]([C@@H](C)CCCC(C)(C)O)CC[C@@H]12. The highest BCUT2D eigenvalue weighted by atomic mass is 16.3. The molecule has 0 heterocycles. The van der Waals surface area contributed by atoms with E-state index in [-0.39, 0.29) is 12.2 Å². The molecule has 10 N–H and O–H groups in total. The lowest BCUT2D eigenvalue weighted by atomic mass is 9.60. The molecule has 0 aliphatic heterocycles. The monoisotopic (exact) mass is 1630 g/mol. The molecule has 664 valence electrons. The van der Waals surface area contributed by atoms with Crippen molar-refractivity contribution >= 4 is 0 Å². The van der Waals surface area contributed by atoms with E-state index in [9.17, 15) is 51.1 Å². The van der Waals surface area contributed by atoms with Gasteiger partial charge < -0.3 is 51.1 Å². The summed E-state index contributed by atoms with van der Waals surface area (Å²) in [5, 5.41) is 101. The summed E-state index contributed by atoms with van der Waals surface area (Å²) < 4.78 is 0. The van der Waals surface area contributed by atoms with Crippen LogP contribution >= 0.6 is 0 Å². The summed E-state index contributed by atoms with van der Waals surface area (Å²) in [4.78, 5) is 0. The van der Waals surface area contributed by atoms with Gasteiger partial charge in [-0.1, -0.05) is 229 Å². The fraction of sp³-hybridized carbons (Fsp3) is 0.759. The molecular formula is C108H172O10. The van der Waals surface area contributed by atoms with Crippen LogP contribution in [0.2, 0.25) is 0 Å². The summed E-state index contributed by atoms with van der Waals surface area (Å²) >= 11 is 0. The molecule has 0 aromatic rings. The van der Waals surface area contributed by atoms with Crippen LogP contribution in [0.25, 0.3) is 0 Å². The average Bonchev–Trinajstić information content (AvgIpc) is 1.61. The van der Waals surface area contributed by atoms with Gasteiger partial charge >= 0.3 is 0 Å². The Hall–Kier alpha value is -3.78. The van der Waals surface area contributed by atoms with Gasteiger partial charge in [-0.25, -0.2) is 0 Å². The topological polar surface area (TPSA) is 202 Å². The van der Waals surface area contributed by atoms with Gasteiger partial charge in [-0.15, -0.1) is 0 Å². The highest BCUT2D eigenvalue weighted by molar-refractivity contribution is 5.42. The van der Waals surface area contributed by atoms with Gasteiger partial charge in [-0.3, -0.25) is 0 Å². The quantitative estimate of drug-likeness (QED) is 0.0439. The first-order chi connectivity index (χ1) is 55.6. The second kappa shape index (κ2) is 42.0. The lowest BCUT2D eigenvalue weighted by molar-refractivity contribution is 0.0590. The van der Waals surface area contributed by atoms with Crippen LogP contribution < -0.4 is 0 Å². The predicted octanol–water partition coefficient (Wildman–Crippen LogP) is 24.1. The molecular weight excluding hydrogens is 1460 g/mol. The molecule has 13 fully saturated rings. The largest absolute Gasteiger partial charge is 0.393 e. The molecule has 13 aliphatic rings. The fourth-order valence-electron chi connectivity index (χ4n) is 26.8. The van der Waals surface area contributed by atoms with Crippen molar-refractivity contribution in [2.24, 2.45) is 105 Å². The van der Waals surface area contributed by atoms with Gasteiger partial charge in [-0.05, 0) is 364 Å². The minimum Gasteiger partial charge on any atom is -0.393 e. The van der Waals surface area contributed by atoms with E-state index in [0.717, 1.165) is 126 Å². The molecule has 10 nitrogen and oxygen atoms in total. The molecule has 13 rings (SSSR count). The summed E-state index contributed by atoms with van der Waals surface area (Å²) in [5.74, 6) is 9.84. The van der Waals surface area contributed by atoms with Crippen LogP contribution in [0.3, 0.4) is 0 Å². The third kappa shape index (κ3) is 24.7. The van der Waals surface area contributed by atoms with E-state index in [2.05, 4.69) is 156 Å². The van der Waals surface area contributed by atoms with E-state index in [1.54, 1.807) is 16.7 Å². The first kappa shape index (κ1) is 96.4. The molecule has 118 heavy (non-hydrogen) atoms. The van der Waals surface area contributed by atoms with Gasteiger partial charge in [0.15, 0.2) is 0 Å². The van der Waals surface area contributed by atoms with E-state index in [0.29, 0.717) is 102 Å². The van der Waals surface area contributed by atoms with Crippen LogP contribution in [-0.2, 0) is 0 Å². The Morgan fingerprint density at radius 1 is 0.373 bits per heavy atom. The number of hydrogen-bond acceptors (Lipinski definition) is 10. The normalized spacial score (nSPS) is 39.4. The molecule has 24 atom stereocenters. The van der Waals surface area contributed by atoms with Crippen LogP contribution in [-0.4, -0.2) is 111 Å². The van der Waals surface area contributed by atoms with Gasteiger partial charge in [0.05, 0.1) is 60.0 Å². The molecule has 0 radical (unpaired) electrons. The Balaban J connectivity index is 0.000000166. The number of aliphatic hydroxyl groups excluding tert-OH is 8. The van der Waals surface area contributed by atoms with Crippen LogP contribution in [0.5, 0.6) is 0 Å². The Bertz CT molecular complexity index is 3660. The molecule has 13 saturated carbocycles. The summed E-state index contributed by atoms with van der Waals surface area (Å²) in [7, 11) is 0. The molecule has 13 aliphatic carbocycles. The molecule has 0 aromatic heterocycles. The van der Waals surface area contributed by atoms with Crippen molar-refractivity contribution in [1.82, 2.24) is 0 Å². The zero-order valence-corrected chi connectivity index (χ0v) is 77.1. The van der Waals surface area contributed by atoms with Gasteiger partial charge in [-0.2, -0.15) is 0 Å². The summed E-state index contributed by atoms with van der Waals surface area (Å²) in [6.07, 6.45) is 62.9. The van der Waals surface area contributed by atoms with E-state index in [4.69, 9.17) is 0 Å². The predicted molar refractivity (Wildman–Crippen MR) is 491 cm³/mol. The number of rotatable bonds is 23. The summed E-state index contributed by atoms with van der Waals surface area (Å²) in [5.41, 5.74) is 14.7. The zero-order valence-electron chi connectivity index (χ0n) is 77.1. The second-order valence-electron chi connectivity index (χ2n) is 44.3. The molecule has 10 heteroatoms. The molecule has 0 amide bonds. The molecule has 0 saturated heterocycles. The van der Waals surface area contributed by atoms with Crippen molar-refractivity contribution in [3.63, 3.8) is 0 Å². The Labute approximate surface area is 719 Å². The number of hydrogen-bond donors (Lipinski definition) is 10. The maximum Gasteiger partial charge on any atom is 0.0811 e. The number of fused-ring (bicyclic) bond motifs is 4. The second-order valence-corrected chi connectivity index (χ2v) is 44.3. The molecule has 0 unspecified atom stereocenters. The lowest BCUT2D eigenvalue weighted by Crippen LogP contribution is -2.36. The van der Waals surface area contributed by atoms with E-state index in [1.807, 2.05) is 27.7 Å². The Morgan fingerprint density at radius 3 is 1.02 bits per heavy atom. The molecule has 0 aromatic carbocycles. The Kier molecular flexibility index (Phi) is 34.3. The van der Waals surface area contributed by atoms with Crippen molar-refractivity contribution in [3.05, 3.63) is 154 Å². The maximum absolute atomic E-state index is 10.2. The van der Waals surface area contributed by atoms with E-state index >= 15 is 0 Å². The highest BCUT2D eigenvalue weighted by Gasteiger charge is 2.55. The zero-order chi connectivity index (χ0) is 86.0. The minimum atomic E-state index is -0.621. The van der Waals surface area contributed by atoms with Crippen LogP contribution in [0.4, 0.5) is 0 Å². The maximum atomic E-state index is 10.2. The van der Waals surface area contributed by atoms with Gasteiger partial charge in [0, 0.05) is 19.3 Å². The lowest BCUT2D eigenvalue weighted by Gasteiger charge is -2.44.